The van der Waals surface area contributed by atoms with Gasteiger partial charge in [-0.25, -0.2) is 0 Å². The molecule has 1 N–H and O–H groups in total. The van der Waals surface area contributed by atoms with Gasteiger partial charge in [0.05, 0.1) is 0 Å². The van der Waals surface area contributed by atoms with Crippen LogP contribution in [0.3, 0.4) is 0 Å². The summed E-state index contributed by atoms with van der Waals surface area (Å²) >= 11 is 3.96. The van der Waals surface area contributed by atoms with Gasteiger partial charge in [-0.2, -0.15) is 12.6 Å². The highest BCUT2D eigenvalue weighted by Gasteiger charge is 2.48. The Kier molecular flexibility index (Phi) is 10.9. The van der Waals surface area contributed by atoms with Crippen LogP contribution in [0, 0.1) is 0 Å². The molecule has 0 bridgehead atoms. The molecule has 0 aliphatic carbocycles. The summed E-state index contributed by atoms with van der Waals surface area (Å²) in [4.78, 5) is 11.3. The topological polar surface area (TPSA) is 100 Å². The Balaban J connectivity index is 4.87. The molecule has 0 aliphatic rings. The Morgan fingerprint density at radius 3 is 1.86 bits per heavy atom. The van der Waals surface area contributed by atoms with Gasteiger partial charge >= 0.3 is 15.2 Å². The van der Waals surface area contributed by atoms with E-state index in [1.807, 2.05) is 0 Å². The SMILES string of the molecule is COP(=O)(OC)C(CCCNC(=O)CCS)P(=O)(OC)OC. The van der Waals surface area contributed by atoms with Crippen LogP contribution in [0.15, 0.2) is 0 Å². The second kappa shape index (κ2) is 10.8. The second-order valence-electron chi connectivity index (χ2n) is 4.26. The molecule has 11 heteroatoms. The van der Waals surface area contributed by atoms with Crippen molar-refractivity contribution in [2.24, 2.45) is 0 Å². The van der Waals surface area contributed by atoms with Gasteiger partial charge in [0.2, 0.25) is 5.91 Å². The normalized spacial score (nSPS) is 12.6. The third kappa shape index (κ3) is 6.32. The molecule has 0 spiro atoms. The van der Waals surface area contributed by atoms with Gasteiger partial charge in [-0.05, 0) is 18.6 Å². The van der Waals surface area contributed by atoms with Crippen molar-refractivity contribution in [1.82, 2.24) is 5.32 Å². The molecule has 0 fully saturated rings. The first-order valence-corrected chi connectivity index (χ1v) is 10.5. The average Bonchev–Trinajstić information content (AvgIpc) is 2.53. The first kappa shape index (κ1) is 22.1. The lowest BCUT2D eigenvalue weighted by Gasteiger charge is -2.28. The third-order valence-electron chi connectivity index (χ3n) is 3.05. The molecule has 0 saturated carbocycles. The number of carbonyl (C=O) groups excluding carboxylic acids is 1. The highest BCUT2D eigenvalue weighted by atomic mass is 32.1. The number of thiol groups is 1. The lowest BCUT2D eigenvalue weighted by molar-refractivity contribution is -0.120. The highest BCUT2D eigenvalue weighted by Crippen LogP contribution is 2.70. The zero-order chi connectivity index (χ0) is 17.2. The molecule has 1 amide bonds. The molecule has 0 aromatic rings. The maximum Gasteiger partial charge on any atom is 0.345 e. The Bertz CT molecular complexity index is 393. The Morgan fingerprint density at radius 2 is 1.50 bits per heavy atom. The second-order valence-corrected chi connectivity index (χ2v) is 9.98. The van der Waals surface area contributed by atoms with Crippen LogP contribution >= 0.6 is 27.8 Å². The predicted molar refractivity (Wildman–Crippen MR) is 87.8 cm³/mol. The van der Waals surface area contributed by atoms with E-state index in [1.165, 1.54) is 28.4 Å². The van der Waals surface area contributed by atoms with Gasteiger partial charge in [0.25, 0.3) is 0 Å². The number of carbonyl (C=O) groups is 1. The van der Waals surface area contributed by atoms with Crippen LogP contribution in [0.25, 0.3) is 0 Å². The van der Waals surface area contributed by atoms with Crippen molar-refractivity contribution in [3.63, 3.8) is 0 Å². The largest absolute Gasteiger partial charge is 0.356 e. The molecule has 132 valence electrons. The van der Waals surface area contributed by atoms with Crippen LogP contribution in [0.5, 0.6) is 0 Å². The molecule has 22 heavy (non-hydrogen) atoms. The van der Waals surface area contributed by atoms with E-state index in [-0.39, 0.29) is 12.3 Å². The quantitative estimate of drug-likeness (QED) is 0.306. The van der Waals surface area contributed by atoms with Gasteiger partial charge in [-0.15, -0.1) is 0 Å². The van der Waals surface area contributed by atoms with Gasteiger partial charge in [0.15, 0.2) is 5.40 Å². The third-order valence-corrected chi connectivity index (χ3v) is 8.98. The van der Waals surface area contributed by atoms with Crippen LogP contribution in [-0.2, 0) is 32.0 Å². The van der Waals surface area contributed by atoms with Gasteiger partial charge < -0.3 is 23.4 Å². The minimum absolute atomic E-state index is 0.130. The van der Waals surface area contributed by atoms with E-state index in [1.54, 1.807) is 0 Å². The number of hydrogen-bond donors (Lipinski definition) is 2. The van der Waals surface area contributed by atoms with E-state index in [9.17, 15) is 13.9 Å². The van der Waals surface area contributed by atoms with E-state index < -0.39 is 20.6 Å². The fraction of sp³-hybridized carbons (Fsp3) is 0.909. The first-order valence-electron chi connectivity index (χ1n) is 6.63. The van der Waals surface area contributed by atoms with Crippen LogP contribution in [0.2, 0.25) is 0 Å². The molecular weight excluding hydrogens is 352 g/mol. The fourth-order valence-corrected chi connectivity index (χ4v) is 6.82. The molecular formula is C11H25NO7P2S. The zero-order valence-corrected chi connectivity index (χ0v) is 16.0. The summed E-state index contributed by atoms with van der Waals surface area (Å²) in [5.74, 6) is 0.328. The molecule has 0 aliphatic heterocycles. The van der Waals surface area contributed by atoms with Crippen LogP contribution in [0.1, 0.15) is 19.3 Å². The molecule has 0 saturated heterocycles. The molecule has 0 radical (unpaired) electrons. The van der Waals surface area contributed by atoms with Crippen molar-refractivity contribution in [3.05, 3.63) is 0 Å². The van der Waals surface area contributed by atoms with E-state index in [2.05, 4.69) is 17.9 Å². The maximum absolute atomic E-state index is 12.6. The summed E-state index contributed by atoms with van der Waals surface area (Å²) in [6.07, 6.45) is 0.908. The Hall–Kier alpha value is 0.120. The Labute approximate surface area is 137 Å². The lowest BCUT2D eigenvalue weighted by Crippen LogP contribution is -2.25. The van der Waals surface area contributed by atoms with Crippen LogP contribution < -0.4 is 5.32 Å². The van der Waals surface area contributed by atoms with E-state index >= 15 is 0 Å². The van der Waals surface area contributed by atoms with Gasteiger partial charge in [-0.3, -0.25) is 13.9 Å². The summed E-state index contributed by atoms with van der Waals surface area (Å²) in [7, 11) is -2.48. The number of nitrogens with one attached hydrogen (secondary N) is 1. The standard InChI is InChI=1S/C11H25NO7P2S/c1-16-20(14,17-2)11(21(15,18-3)19-4)6-5-8-12-10(13)7-9-22/h11,22H,5-9H2,1-4H3,(H,12,13). The number of hydrogen-bond acceptors (Lipinski definition) is 8. The molecule has 0 atom stereocenters. The maximum atomic E-state index is 12.6. The molecule has 8 nitrogen and oxygen atoms in total. The highest BCUT2D eigenvalue weighted by molar-refractivity contribution is 7.80. The zero-order valence-electron chi connectivity index (χ0n) is 13.3. The van der Waals surface area contributed by atoms with Crippen LogP contribution in [-0.4, -0.2) is 52.0 Å². The molecule has 0 unspecified atom stereocenters. The minimum Gasteiger partial charge on any atom is -0.356 e. The summed E-state index contributed by atoms with van der Waals surface area (Å²) < 4.78 is 44.8. The van der Waals surface area contributed by atoms with Crippen LogP contribution in [0.4, 0.5) is 0 Å². The van der Waals surface area contributed by atoms with Crippen molar-refractivity contribution in [1.29, 1.82) is 0 Å². The van der Waals surface area contributed by atoms with Gasteiger partial charge in [-0.1, -0.05) is 0 Å². The summed E-state index contributed by atoms with van der Waals surface area (Å²) in [5, 5.41) is 1.62. The monoisotopic (exact) mass is 377 g/mol. The number of amides is 1. The first-order chi connectivity index (χ1) is 10.3. The van der Waals surface area contributed by atoms with E-state index in [4.69, 9.17) is 18.1 Å². The predicted octanol–water partition coefficient (Wildman–Crippen LogP) is 2.50. The molecule has 0 heterocycles. The smallest absolute Gasteiger partial charge is 0.345 e. The fourth-order valence-electron chi connectivity index (χ4n) is 1.83. The Morgan fingerprint density at radius 1 is 1.05 bits per heavy atom. The van der Waals surface area contributed by atoms with Crippen molar-refractivity contribution in [3.8, 4) is 0 Å². The number of rotatable bonds is 12. The summed E-state index contributed by atoms with van der Waals surface area (Å²) in [5.41, 5.74) is 0. The minimum atomic E-state index is -3.66. The molecule has 0 aromatic heterocycles. The average molecular weight is 377 g/mol. The van der Waals surface area contributed by atoms with Gasteiger partial charge in [0, 0.05) is 41.4 Å². The van der Waals surface area contributed by atoms with Crippen molar-refractivity contribution in [2.75, 3.05) is 40.7 Å². The van der Waals surface area contributed by atoms with E-state index in [0.29, 0.717) is 25.1 Å². The summed E-state index contributed by atoms with van der Waals surface area (Å²) in [6, 6.07) is 0. The van der Waals surface area contributed by atoms with Crippen molar-refractivity contribution < 1.29 is 32.0 Å². The van der Waals surface area contributed by atoms with E-state index in [0.717, 1.165) is 0 Å². The van der Waals surface area contributed by atoms with Crippen molar-refractivity contribution >= 4 is 33.7 Å². The van der Waals surface area contributed by atoms with Gasteiger partial charge in [0.1, 0.15) is 0 Å². The lowest BCUT2D eigenvalue weighted by atomic mass is 10.3. The van der Waals surface area contributed by atoms with Crippen molar-refractivity contribution in [2.45, 2.75) is 24.7 Å². The summed E-state index contributed by atoms with van der Waals surface area (Å²) in [6.45, 7) is 0.337. The molecule has 0 aromatic carbocycles. The molecule has 0 rings (SSSR count).